The molecule has 3 heterocycles. The molecule has 2 amide bonds. The number of aliphatic imine (C=N–C) groups is 1. The molecule has 0 saturated carbocycles. The van der Waals surface area contributed by atoms with Crippen LogP contribution < -0.4 is 5.32 Å². The lowest BCUT2D eigenvalue weighted by Crippen LogP contribution is -2.60. The van der Waals surface area contributed by atoms with E-state index in [1.54, 1.807) is 24.1 Å². The maximum Gasteiger partial charge on any atom is 0.250 e. The van der Waals surface area contributed by atoms with E-state index in [9.17, 15) is 9.59 Å². The Labute approximate surface area is 142 Å². The first-order valence-corrected chi connectivity index (χ1v) is 8.44. The number of hydrogen-bond acceptors (Lipinski definition) is 5. The molecule has 0 aromatic rings. The van der Waals surface area contributed by atoms with Crippen molar-refractivity contribution in [1.82, 2.24) is 15.1 Å². The third-order valence-corrected chi connectivity index (χ3v) is 4.63. The number of nitrogens with one attached hydrogen (secondary N) is 1. The van der Waals surface area contributed by atoms with Gasteiger partial charge in [-0.2, -0.15) is 4.99 Å². The Hall–Kier alpha value is -1.99. The highest BCUT2D eigenvalue weighted by Crippen LogP contribution is 2.28. The molecule has 0 spiro atoms. The number of amides is 2. The van der Waals surface area contributed by atoms with Crippen LogP contribution in [0.25, 0.3) is 0 Å². The van der Waals surface area contributed by atoms with E-state index in [0.717, 1.165) is 39.3 Å². The Kier molecular flexibility index (Phi) is 5.11. The van der Waals surface area contributed by atoms with E-state index >= 15 is 0 Å². The van der Waals surface area contributed by atoms with Crippen molar-refractivity contribution in [3.05, 3.63) is 24.4 Å². The molecule has 7 nitrogen and oxygen atoms in total. The first kappa shape index (κ1) is 16.9. The number of ether oxygens (including phenoxy) is 1. The molecular weight excluding hydrogens is 308 g/mol. The summed E-state index contributed by atoms with van der Waals surface area (Å²) in [5, 5.41) is 2.98. The van der Waals surface area contributed by atoms with E-state index in [1.807, 2.05) is 12.2 Å². The van der Waals surface area contributed by atoms with Crippen molar-refractivity contribution in [3.63, 3.8) is 0 Å². The zero-order chi connectivity index (χ0) is 17.0. The van der Waals surface area contributed by atoms with Crippen molar-refractivity contribution < 1.29 is 14.3 Å². The third kappa shape index (κ3) is 3.57. The van der Waals surface area contributed by atoms with Crippen LogP contribution in [0.1, 0.15) is 19.8 Å². The van der Waals surface area contributed by atoms with Crippen LogP contribution in [0.3, 0.4) is 0 Å². The van der Waals surface area contributed by atoms with Crippen molar-refractivity contribution in [1.29, 1.82) is 0 Å². The minimum atomic E-state index is -0.922. The monoisotopic (exact) mass is 332 g/mol. The lowest BCUT2D eigenvalue weighted by molar-refractivity contribution is -0.134. The van der Waals surface area contributed by atoms with E-state index in [4.69, 9.17) is 4.74 Å². The molecular formula is C17H24N4O3. The highest BCUT2D eigenvalue weighted by atomic mass is 16.5. The summed E-state index contributed by atoms with van der Waals surface area (Å²) in [6, 6.07) is 0. The second-order valence-electron chi connectivity index (χ2n) is 6.45. The highest BCUT2D eigenvalue weighted by molar-refractivity contribution is 6.09. The van der Waals surface area contributed by atoms with Crippen LogP contribution >= 0.6 is 0 Å². The van der Waals surface area contributed by atoms with Crippen molar-refractivity contribution >= 4 is 17.6 Å². The minimum absolute atomic E-state index is 0.0873. The van der Waals surface area contributed by atoms with Gasteiger partial charge in [-0.1, -0.05) is 6.08 Å². The van der Waals surface area contributed by atoms with E-state index < -0.39 is 5.54 Å². The Morgan fingerprint density at radius 2 is 2.17 bits per heavy atom. The van der Waals surface area contributed by atoms with Crippen molar-refractivity contribution in [2.45, 2.75) is 25.3 Å². The molecule has 130 valence electrons. The summed E-state index contributed by atoms with van der Waals surface area (Å²) in [5.41, 5.74) is -0.922. The maximum absolute atomic E-state index is 12.7. The summed E-state index contributed by atoms with van der Waals surface area (Å²) in [6.45, 7) is 6.79. The van der Waals surface area contributed by atoms with Gasteiger partial charge < -0.3 is 15.0 Å². The number of allylic oxidation sites excluding steroid dienone is 2. The van der Waals surface area contributed by atoms with Crippen LogP contribution in [-0.4, -0.2) is 72.4 Å². The minimum Gasteiger partial charge on any atom is -0.379 e. The molecule has 1 atom stereocenters. The van der Waals surface area contributed by atoms with Gasteiger partial charge >= 0.3 is 0 Å². The predicted molar refractivity (Wildman–Crippen MR) is 90.5 cm³/mol. The fourth-order valence-corrected chi connectivity index (χ4v) is 3.20. The lowest BCUT2D eigenvalue weighted by atomic mass is 9.91. The molecule has 0 bridgehead atoms. The number of carbonyl (C=O) groups excluding carboxylic acids is 2. The van der Waals surface area contributed by atoms with E-state index in [2.05, 4.69) is 15.2 Å². The predicted octanol–water partition coefficient (Wildman–Crippen LogP) is 0.298. The number of morpholine rings is 1. The van der Waals surface area contributed by atoms with Crippen LogP contribution in [0.5, 0.6) is 0 Å². The number of rotatable bonds is 5. The van der Waals surface area contributed by atoms with E-state index in [-0.39, 0.29) is 18.2 Å². The molecule has 1 fully saturated rings. The molecule has 0 aromatic carbocycles. The van der Waals surface area contributed by atoms with Crippen LogP contribution in [0.2, 0.25) is 0 Å². The second-order valence-corrected chi connectivity index (χ2v) is 6.45. The summed E-state index contributed by atoms with van der Waals surface area (Å²) in [6.07, 6.45) is 8.18. The first-order chi connectivity index (χ1) is 11.6. The number of carbonyl (C=O) groups is 2. The fourth-order valence-electron chi connectivity index (χ4n) is 3.20. The molecule has 24 heavy (non-hydrogen) atoms. The van der Waals surface area contributed by atoms with Crippen LogP contribution in [0, 0.1) is 0 Å². The normalized spacial score (nSPS) is 27.0. The van der Waals surface area contributed by atoms with Gasteiger partial charge in [-0.15, -0.1) is 0 Å². The summed E-state index contributed by atoms with van der Waals surface area (Å²) < 4.78 is 5.33. The van der Waals surface area contributed by atoms with Gasteiger partial charge in [0.25, 0.3) is 5.91 Å². The zero-order valence-electron chi connectivity index (χ0n) is 14.0. The van der Waals surface area contributed by atoms with Gasteiger partial charge in [0, 0.05) is 25.8 Å². The molecule has 0 radical (unpaired) electrons. The molecule has 1 N–H and O–H groups in total. The third-order valence-electron chi connectivity index (χ3n) is 4.63. The standard InChI is InChI=1S/C17H24N4O3/c1-17(13-15(22)19-14-5-2-3-8-21(14)17)16(23)18-6-4-7-20-9-11-24-12-10-20/h2-3,5,8H,4,6-7,9-13H2,1H3,(H,18,23). The molecule has 3 aliphatic rings. The Morgan fingerprint density at radius 1 is 1.38 bits per heavy atom. The van der Waals surface area contributed by atoms with Gasteiger partial charge in [0.1, 0.15) is 11.4 Å². The van der Waals surface area contributed by atoms with E-state index in [1.165, 1.54) is 0 Å². The molecule has 0 aromatic heterocycles. The zero-order valence-corrected chi connectivity index (χ0v) is 14.0. The summed E-state index contributed by atoms with van der Waals surface area (Å²) in [7, 11) is 0. The summed E-state index contributed by atoms with van der Waals surface area (Å²) >= 11 is 0. The number of amidine groups is 1. The molecule has 1 unspecified atom stereocenters. The average molecular weight is 332 g/mol. The first-order valence-electron chi connectivity index (χ1n) is 8.44. The number of nitrogens with zero attached hydrogens (tertiary/aromatic N) is 3. The van der Waals surface area contributed by atoms with Crippen LogP contribution in [0.4, 0.5) is 0 Å². The SMILES string of the molecule is CC1(C(=O)NCCCN2CCOCC2)CC(=O)N=C2C=CC=CN21. The molecule has 7 heteroatoms. The van der Waals surface area contributed by atoms with Crippen molar-refractivity contribution in [2.75, 3.05) is 39.4 Å². The lowest BCUT2D eigenvalue weighted by Gasteiger charge is -2.41. The van der Waals surface area contributed by atoms with Gasteiger partial charge in [-0.25, -0.2) is 0 Å². The van der Waals surface area contributed by atoms with E-state index in [0.29, 0.717) is 12.4 Å². The largest absolute Gasteiger partial charge is 0.379 e. The Morgan fingerprint density at radius 3 is 2.96 bits per heavy atom. The van der Waals surface area contributed by atoms with Gasteiger partial charge in [0.15, 0.2) is 0 Å². The van der Waals surface area contributed by atoms with Gasteiger partial charge in [0.2, 0.25) is 5.91 Å². The summed E-state index contributed by atoms with van der Waals surface area (Å²) in [5.74, 6) is 0.136. The topological polar surface area (TPSA) is 74.2 Å². The second kappa shape index (κ2) is 7.27. The number of fused-ring (bicyclic) bond motifs is 1. The highest BCUT2D eigenvalue weighted by Gasteiger charge is 2.44. The molecule has 3 rings (SSSR count). The van der Waals surface area contributed by atoms with Crippen molar-refractivity contribution in [3.8, 4) is 0 Å². The van der Waals surface area contributed by atoms with Gasteiger partial charge in [-0.05, 0) is 32.0 Å². The smallest absolute Gasteiger partial charge is 0.250 e. The molecule has 3 aliphatic heterocycles. The fraction of sp³-hybridized carbons (Fsp3) is 0.588. The van der Waals surface area contributed by atoms with Crippen molar-refractivity contribution in [2.24, 2.45) is 4.99 Å². The average Bonchev–Trinajstić information content (AvgIpc) is 2.59. The van der Waals surface area contributed by atoms with Crippen LogP contribution in [-0.2, 0) is 14.3 Å². The maximum atomic E-state index is 12.7. The summed E-state index contributed by atoms with van der Waals surface area (Å²) in [4.78, 5) is 32.8. The molecule has 0 aliphatic carbocycles. The van der Waals surface area contributed by atoms with Gasteiger partial charge in [-0.3, -0.25) is 14.5 Å². The van der Waals surface area contributed by atoms with Gasteiger partial charge in [0.05, 0.1) is 19.6 Å². The molecule has 1 saturated heterocycles. The Bertz CT molecular complexity index is 593. The Balaban J connectivity index is 1.53. The quantitative estimate of drug-likeness (QED) is 0.733. The van der Waals surface area contributed by atoms with Crippen LogP contribution in [0.15, 0.2) is 29.4 Å². The number of hydrogen-bond donors (Lipinski definition) is 1.